The van der Waals surface area contributed by atoms with Gasteiger partial charge in [0.15, 0.2) is 5.58 Å². The van der Waals surface area contributed by atoms with Crippen molar-refractivity contribution in [3.8, 4) is 0 Å². The largest absolute Gasteiger partial charge is 0.478 e. The predicted octanol–water partition coefficient (Wildman–Crippen LogP) is 0.829. The van der Waals surface area contributed by atoms with Crippen molar-refractivity contribution in [2.45, 2.75) is 0 Å². The summed E-state index contributed by atoms with van der Waals surface area (Å²) in [7, 11) is -0.372. The maximum absolute atomic E-state index is 11.6. The molecule has 2 N–H and O–H groups in total. The average Bonchev–Trinajstić information content (AvgIpc) is 2.79. The summed E-state index contributed by atoms with van der Waals surface area (Å²) in [6.45, 7) is 0.138. The maximum Gasteiger partial charge on any atom is 0.335 e. The molecule has 0 amide bonds. The van der Waals surface area contributed by atoms with Crippen LogP contribution in [0.15, 0.2) is 22.6 Å². The number of nitrogens with zero attached hydrogens (tertiary/aromatic N) is 2. The number of hydrogen-bond acceptors (Lipinski definition) is 6. The van der Waals surface area contributed by atoms with Crippen molar-refractivity contribution in [2.24, 2.45) is 0 Å². The maximum atomic E-state index is 11.6. The van der Waals surface area contributed by atoms with Gasteiger partial charge in [-0.1, -0.05) is 0 Å². The molecule has 1 aromatic heterocycles. The van der Waals surface area contributed by atoms with Crippen molar-refractivity contribution >= 4 is 33.1 Å². The van der Waals surface area contributed by atoms with E-state index in [9.17, 15) is 13.2 Å². The zero-order valence-corrected chi connectivity index (χ0v) is 12.3. The summed E-state index contributed by atoms with van der Waals surface area (Å²) in [4.78, 5) is 14.9. The van der Waals surface area contributed by atoms with Crippen molar-refractivity contribution in [3.05, 3.63) is 23.8 Å². The number of aromatic nitrogens is 1. The van der Waals surface area contributed by atoms with Crippen LogP contribution in [0, 0.1) is 0 Å². The number of carbonyl (C=O) groups is 1. The Morgan fingerprint density at radius 3 is 2.76 bits per heavy atom. The summed E-state index contributed by atoms with van der Waals surface area (Å²) in [6, 6.07) is 4.48. The molecule has 0 spiro atoms. The number of rotatable bonds is 6. The van der Waals surface area contributed by atoms with E-state index >= 15 is 0 Å². The lowest BCUT2D eigenvalue weighted by molar-refractivity contribution is 0.0697. The predicted molar refractivity (Wildman–Crippen MR) is 76.9 cm³/mol. The number of hydrogen-bond donors (Lipinski definition) is 2. The van der Waals surface area contributed by atoms with Gasteiger partial charge < -0.3 is 14.8 Å². The van der Waals surface area contributed by atoms with Gasteiger partial charge in [-0.3, -0.25) is 0 Å². The van der Waals surface area contributed by atoms with E-state index in [1.807, 2.05) is 0 Å². The van der Waals surface area contributed by atoms with E-state index in [1.165, 1.54) is 32.3 Å². The first-order valence-electron chi connectivity index (χ1n) is 6.07. The Morgan fingerprint density at radius 1 is 1.43 bits per heavy atom. The molecule has 0 aliphatic rings. The number of nitrogens with one attached hydrogen (secondary N) is 1. The second kappa shape index (κ2) is 5.70. The van der Waals surface area contributed by atoms with Crippen LogP contribution in [0.3, 0.4) is 0 Å². The lowest BCUT2D eigenvalue weighted by atomic mass is 10.2. The van der Waals surface area contributed by atoms with Gasteiger partial charge in [0.25, 0.3) is 6.01 Å². The van der Waals surface area contributed by atoms with Gasteiger partial charge in [-0.25, -0.2) is 17.5 Å². The molecule has 0 aliphatic heterocycles. The number of sulfonamides is 1. The first-order chi connectivity index (χ1) is 9.79. The van der Waals surface area contributed by atoms with Crippen molar-refractivity contribution < 1.29 is 22.7 Å². The molecule has 21 heavy (non-hydrogen) atoms. The molecule has 1 aromatic carbocycles. The molecular weight excluding hydrogens is 298 g/mol. The van der Waals surface area contributed by atoms with Crippen LogP contribution in [-0.2, 0) is 10.0 Å². The molecule has 0 fully saturated rings. The highest BCUT2D eigenvalue weighted by molar-refractivity contribution is 7.89. The summed E-state index contributed by atoms with van der Waals surface area (Å²) >= 11 is 0. The number of carboxylic acids is 1. The van der Waals surface area contributed by atoms with Gasteiger partial charge in [0.05, 0.1) is 11.3 Å². The van der Waals surface area contributed by atoms with E-state index in [4.69, 9.17) is 9.52 Å². The van der Waals surface area contributed by atoms with E-state index in [1.54, 1.807) is 0 Å². The molecule has 1 heterocycles. The summed E-state index contributed by atoms with van der Waals surface area (Å²) in [5.74, 6) is -1.15. The third-order valence-corrected chi connectivity index (χ3v) is 4.66. The molecule has 9 heteroatoms. The molecule has 0 saturated heterocycles. The summed E-state index contributed by atoms with van der Waals surface area (Å²) in [5, 5.41) is 11.6. The third-order valence-electron chi connectivity index (χ3n) is 2.83. The van der Waals surface area contributed by atoms with E-state index in [-0.39, 0.29) is 23.9 Å². The fraction of sp³-hybridized carbons (Fsp3) is 0.333. The zero-order chi connectivity index (χ0) is 15.6. The van der Waals surface area contributed by atoms with Gasteiger partial charge in [-0.15, -0.1) is 0 Å². The minimum atomic E-state index is -3.29. The van der Waals surface area contributed by atoms with Crippen LogP contribution in [0.4, 0.5) is 6.01 Å². The van der Waals surface area contributed by atoms with Crippen LogP contribution in [0.2, 0.25) is 0 Å². The summed E-state index contributed by atoms with van der Waals surface area (Å²) < 4.78 is 29.6. The third kappa shape index (κ3) is 3.50. The van der Waals surface area contributed by atoms with Gasteiger partial charge >= 0.3 is 5.97 Å². The van der Waals surface area contributed by atoms with Crippen LogP contribution < -0.4 is 5.32 Å². The normalized spacial score (nSPS) is 12.0. The number of aromatic carboxylic acids is 1. The molecule has 0 radical (unpaired) electrons. The minimum absolute atomic E-state index is 0.0976. The smallest absolute Gasteiger partial charge is 0.335 e. The zero-order valence-electron chi connectivity index (χ0n) is 11.5. The van der Waals surface area contributed by atoms with E-state index in [0.717, 1.165) is 4.31 Å². The van der Waals surface area contributed by atoms with Crippen molar-refractivity contribution in [2.75, 3.05) is 31.7 Å². The molecule has 0 unspecified atom stereocenters. The first-order valence-corrected chi connectivity index (χ1v) is 7.68. The Balaban J connectivity index is 2.08. The van der Waals surface area contributed by atoms with Crippen LogP contribution in [0.25, 0.3) is 11.1 Å². The Labute approximate surface area is 121 Å². The molecular formula is C12H15N3O5S. The highest BCUT2D eigenvalue weighted by atomic mass is 32.2. The second-order valence-electron chi connectivity index (χ2n) is 4.53. The second-order valence-corrected chi connectivity index (χ2v) is 6.83. The highest BCUT2D eigenvalue weighted by Gasteiger charge is 2.14. The molecule has 8 nitrogen and oxygen atoms in total. The van der Waals surface area contributed by atoms with Crippen molar-refractivity contribution in [3.63, 3.8) is 0 Å². The lowest BCUT2D eigenvalue weighted by Gasteiger charge is -2.10. The fourth-order valence-corrected chi connectivity index (χ4v) is 2.33. The van der Waals surface area contributed by atoms with E-state index in [2.05, 4.69) is 10.3 Å². The molecule has 114 valence electrons. The van der Waals surface area contributed by atoms with Crippen LogP contribution in [0.1, 0.15) is 10.4 Å². The number of carboxylic acid groups (broad SMARTS) is 1. The topological polar surface area (TPSA) is 113 Å². The number of fused-ring (bicyclic) bond motifs is 1. The Morgan fingerprint density at radius 2 is 2.14 bits per heavy atom. The highest BCUT2D eigenvalue weighted by Crippen LogP contribution is 2.20. The van der Waals surface area contributed by atoms with Crippen LogP contribution >= 0.6 is 0 Å². The summed E-state index contributed by atoms with van der Waals surface area (Å²) in [6.07, 6.45) is 0. The Hall–Kier alpha value is -2.13. The Kier molecular flexibility index (Phi) is 4.14. The number of benzene rings is 1. The van der Waals surface area contributed by atoms with E-state index in [0.29, 0.717) is 11.1 Å². The molecule has 0 bridgehead atoms. The lowest BCUT2D eigenvalue weighted by Crippen LogP contribution is -2.28. The van der Waals surface area contributed by atoms with Crippen molar-refractivity contribution in [1.29, 1.82) is 0 Å². The van der Waals surface area contributed by atoms with Gasteiger partial charge in [0.1, 0.15) is 5.52 Å². The number of oxazole rings is 1. The van der Waals surface area contributed by atoms with Gasteiger partial charge in [0, 0.05) is 20.6 Å². The molecule has 2 aromatic rings. The SMILES string of the molecule is CN(C)S(=O)(=O)CCNc1nc2ccc(C(=O)O)cc2o1. The van der Waals surface area contributed by atoms with Gasteiger partial charge in [-0.2, -0.15) is 4.98 Å². The minimum Gasteiger partial charge on any atom is -0.478 e. The van der Waals surface area contributed by atoms with Crippen LogP contribution in [-0.4, -0.2) is 55.2 Å². The van der Waals surface area contributed by atoms with Gasteiger partial charge in [-0.05, 0) is 18.2 Å². The first kappa shape index (κ1) is 15.3. The number of anilines is 1. The van der Waals surface area contributed by atoms with Gasteiger partial charge in [0.2, 0.25) is 10.0 Å². The standard InChI is InChI=1S/C12H15N3O5S/c1-15(2)21(18,19)6-5-13-12-14-9-4-3-8(11(16)17)7-10(9)20-12/h3-4,7H,5-6H2,1-2H3,(H,13,14)(H,16,17). The molecule has 0 aliphatic carbocycles. The molecule has 0 saturated carbocycles. The summed E-state index contributed by atoms with van der Waals surface area (Å²) in [5.41, 5.74) is 0.922. The monoisotopic (exact) mass is 313 g/mol. The van der Waals surface area contributed by atoms with Crippen LogP contribution in [0.5, 0.6) is 0 Å². The van der Waals surface area contributed by atoms with Crippen molar-refractivity contribution in [1.82, 2.24) is 9.29 Å². The Bertz CT molecular complexity index is 766. The van der Waals surface area contributed by atoms with E-state index < -0.39 is 16.0 Å². The quantitative estimate of drug-likeness (QED) is 0.812. The molecule has 0 atom stereocenters. The average molecular weight is 313 g/mol. The fourth-order valence-electron chi connectivity index (χ4n) is 1.60. The molecule has 2 rings (SSSR count).